The minimum atomic E-state index is 0.135. The van der Waals surface area contributed by atoms with Gasteiger partial charge in [-0.1, -0.05) is 42.5 Å². The zero-order chi connectivity index (χ0) is 16.9. The Morgan fingerprint density at radius 2 is 1.21 bits per heavy atom. The van der Waals surface area contributed by atoms with Crippen LogP contribution < -0.4 is 4.74 Å². The fourth-order valence-electron chi connectivity index (χ4n) is 1.99. The summed E-state index contributed by atoms with van der Waals surface area (Å²) in [5, 5.41) is 9.53. The molecule has 0 aromatic heterocycles. The van der Waals surface area contributed by atoms with Crippen LogP contribution in [0, 0.1) is 0 Å². The predicted octanol–water partition coefficient (Wildman–Crippen LogP) is 3.02. The summed E-state index contributed by atoms with van der Waals surface area (Å²) in [7, 11) is 0. The summed E-state index contributed by atoms with van der Waals surface area (Å²) in [6.07, 6.45) is 0. The summed E-state index contributed by atoms with van der Waals surface area (Å²) in [5.41, 5.74) is 1.16. The first-order chi connectivity index (χ1) is 11.9. The SMILES string of the molecule is Oc1ccccc1OCCOCCOCCOCc1ccccc1. The van der Waals surface area contributed by atoms with Crippen LogP contribution in [0.15, 0.2) is 54.6 Å². The topological polar surface area (TPSA) is 57.2 Å². The first kappa shape index (κ1) is 18.3. The van der Waals surface area contributed by atoms with E-state index in [0.717, 1.165) is 5.56 Å². The van der Waals surface area contributed by atoms with Crippen molar-refractivity contribution in [1.82, 2.24) is 0 Å². The largest absolute Gasteiger partial charge is 0.504 e. The van der Waals surface area contributed by atoms with Gasteiger partial charge in [0, 0.05) is 0 Å². The zero-order valence-corrected chi connectivity index (χ0v) is 13.7. The summed E-state index contributed by atoms with van der Waals surface area (Å²) in [4.78, 5) is 0. The Bertz CT molecular complexity index is 559. The number of benzene rings is 2. The van der Waals surface area contributed by atoms with Gasteiger partial charge in [0.05, 0.1) is 39.6 Å². The maximum atomic E-state index is 9.53. The summed E-state index contributed by atoms with van der Waals surface area (Å²) >= 11 is 0. The van der Waals surface area contributed by atoms with Crippen molar-refractivity contribution in [2.75, 3.05) is 39.6 Å². The molecule has 0 aliphatic carbocycles. The standard InChI is InChI=1S/C19H24O5/c20-18-8-4-5-9-19(18)24-15-14-22-11-10-21-12-13-23-16-17-6-2-1-3-7-17/h1-9,20H,10-16H2. The Balaban J connectivity index is 1.37. The van der Waals surface area contributed by atoms with Gasteiger partial charge in [-0.05, 0) is 17.7 Å². The molecule has 0 unspecified atom stereocenters. The Labute approximate surface area is 142 Å². The van der Waals surface area contributed by atoms with Crippen LogP contribution >= 0.6 is 0 Å². The number of hydrogen-bond acceptors (Lipinski definition) is 5. The van der Waals surface area contributed by atoms with E-state index in [4.69, 9.17) is 18.9 Å². The number of aromatic hydroxyl groups is 1. The molecule has 0 heterocycles. The van der Waals surface area contributed by atoms with Gasteiger partial charge in [-0.3, -0.25) is 0 Å². The van der Waals surface area contributed by atoms with Gasteiger partial charge in [-0.2, -0.15) is 0 Å². The van der Waals surface area contributed by atoms with Gasteiger partial charge < -0.3 is 24.1 Å². The van der Waals surface area contributed by atoms with Gasteiger partial charge in [-0.15, -0.1) is 0 Å². The van der Waals surface area contributed by atoms with E-state index < -0.39 is 0 Å². The van der Waals surface area contributed by atoms with Crippen LogP contribution in [0.5, 0.6) is 11.5 Å². The van der Waals surface area contributed by atoms with E-state index >= 15 is 0 Å². The Hall–Kier alpha value is -2.08. The summed E-state index contributed by atoms with van der Waals surface area (Å²) in [6, 6.07) is 16.9. The number of phenols is 1. The van der Waals surface area contributed by atoms with Crippen molar-refractivity contribution in [3.8, 4) is 11.5 Å². The lowest BCUT2D eigenvalue weighted by molar-refractivity contribution is 0.00587. The smallest absolute Gasteiger partial charge is 0.161 e. The number of para-hydroxylation sites is 2. The van der Waals surface area contributed by atoms with E-state index in [9.17, 15) is 5.11 Å². The van der Waals surface area contributed by atoms with Crippen molar-refractivity contribution >= 4 is 0 Å². The molecule has 2 aromatic rings. The first-order valence-corrected chi connectivity index (χ1v) is 8.04. The molecule has 0 saturated carbocycles. The van der Waals surface area contributed by atoms with Crippen molar-refractivity contribution in [2.24, 2.45) is 0 Å². The van der Waals surface area contributed by atoms with Gasteiger partial charge in [0.15, 0.2) is 11.5 Å². The summed E-state index contributed by atoms with van der Waals surface area (Å²) in [5.74, 6) is 0.601. The second-order valence-corrected chi connectivity index (χ2v) is 5.08. The number of phenolic OH excluding ortho intramolecular Hbond substituents is 1. The van der Waals surface area contributed by atoms with Crippen LogP contribution in [0.1, 0.15) is 5.56 Å². The third-order valence-electron chi connectivity index (χ3n) is 3.21. The fraction of sp³-hybridized carbons (Fsp3) is 0.368. The molecular formula is C19H24O5. The third-order valence-corrected chi connectivity index (χ3v) is 3.21. The maximum Gasteiger partial charge on any atom is 0.161 e. The van der Waals surface area contributed by atoms with Crippen LogP contribution in [0.2, 0.25) is 0 Å². The van der Waals surface area contributed by atoms with Crippen molar-refractivity contribution in [1.29, 1.82) is 0 Å². The summed E-state index contributed by atoms with van der Waals surface area (Å²) in [6.45, 7) is 3.56. The third kappa shape index (κ3) is 7.46. The molecule has 5 nitrogen and oxygen atoms in total. The van der Waals surface area contributed by atoms with Crippen LogP contribution in [-0.2, 0) is 20.8 Å². The van der Waals surface area contributed by atoms with Crippen molar-refractivity contribution in [3.63, 3.8) is 0 Å². The molecule has 0 amide bonds. The molecule has 0 aliphatic heterocycles. The molecule has 2 rings (SSSR count). The lowest BCUT2D eigenvalue weighted by Gasteiger charge is -2.09. The van der Waals surface area contributed by atoms with E-state index in [2.05, 4.69) is 0 Å². The number of ether oxygens (including phenoxy) is 4. The average molecular weight is 332 g/mol. The highest BCUT2D eigenvalue weighted by molar-refractivity contribution is 5.37. The van der Waals surface area contributed by atoms with Gasteiger partial charge in [0.1, 0.15) is 6.61 Å². The minimum absolute atomic E-state index is 0.135. The molecular weight excluding hydrogens is 308 g/mol. The molecule has 5 heteroatoms. The highest BCUT2D eigenvalue weighted by Crippen LogP contribution is 2.23. The molecule has 130 valence electrons. The molecule has 0 spiro atoms. The normalized spacial score (nSPS) is 10.7. The van der Waals surface area contributed by atoms with E-state index in [1.165, 1.54) is 0 Å². The van der Waals surface area contributed by atoms with E-state index in [-0.39, 0.29) is 5.75 Å². The second kappa shape index (κ2) is 11.5. The van der Waals surface area contributed by atoms with Crippen LogP contribution in [0.4, 0.5) is 0 Å². The second-order valence-electron chi connectivity index (χ2n) is 5.08. The van der Waals surface area contributed by atoms with Gasteiger partial charge in [0.2, 0.25) is 0 Å². The maximum absolute atomic E-state index is 9.53. The molecule has 0 fully saturated rings. The highest BCUT2D eigenvalue weighted by Gasteiger charge is 1.99. The molecule has 0 radical (unpaired) electrons. The molecule has 0 saturated heterocycles. The van der Waals surface area contributed by atoms with Crippen LogP contribution in [-0.4, -0.2) is 44.7 Å². The lowest BCUT2D eigenvalue weighted by Crippen LogP contribution is -2.12. The van der Waals surface area contributed by atoms with E-state index in [1.807, 2.05) is 36.4 Å². The van der Waals surface area contributed by atoms with Gasteiger partial charge in [-0.25, -0.2) is 0 Å². The molecule has 0 atom stereocenters. The van der Waals surface area contributed by atoms with Crippen molar-refractivity contribution < 1.29 is 24.1 Å². The number of hydrogen-bond donors (Lipinski definition) is 1. The molecule has 1 N–H and O–H groups in total. The molecule has 0 aliphatic rings. The highest BCUT2D eigenvalue weighted by atomic mass is 16.6. The van der Waals surface area contributed by atoms with Crippen LogP contribution in [0.25, 0.3) is 0 Å². The molecule has 2 aromatic carbocycles. The fourth-order valence-corrected chi connectivity index (χ4v) is 1.99. The van der Waals surface area contributed by atoms with Crippen molar-refractivity contribution in [2.45, 2.75) is 6.61 Å². The molecule has 0 bridgehead atoms. The average Bonchev–Trinajstić information content (AvgIpc) is 2.62. The Morgan fingerprint density at radius 1 is 0.625 bits per heavy atom. The van der Waals surface area contributed by atoms with Crippen LogP contribution in [0.3, 0.4) is 0 Å². The Kier molecular flexibility index (Phi) is 8.72. The van der Waals surface area contributed by atoms with Gasteiger partial charge in [0.25, 0.3) is 0 Å². The number of rotatable bonds is 12. The van der Waals surface area contributed by atoms with Crippen molar-refractivity contribution in [3.05, 3.63) is 60.2 Å². The summed E-state index contributed by atoms with van der Waals surface area (Å²) < 4.78 is 21.7. The van der Waals surface area contributed by atoms with E-state index in [0.29, 0.717) is 52.0 Å². The predicted molar refractivity (Wildman–Crippen MR) is 91.3 cm³/mol. The lowest BCUT2D eigenvalue weighted by atomic mass is 10.2. The monoisotopic (exact) mass is 332 g/mol. The van der Waals surface area contributed by atoms with E-state index in [1.54, 1.807) is 18.2 Å². The van der Waals surface area contributed by atoms with Gasteiger partial charge >= 0.3 is 0 Å². The quantitative estimate of drug-likeness (QED) is 0.606. The molecule has 24 heavy (non-hydrogen) atoms. The first-order valence-electron chi connectivity index (χ1n) is 8.04. The Morgan fingerprint density at radius 3 is 1.92 bits per heavy atom. The zero-order valence-electron chi connectivity index (χ0n) is 13.7. The minimum Gasteiger partial charge on any atom is -0.504 e.